The van der Waals surface area contributed by atoms with Crippen LogP contribution in [-0.2, 0) is 6.54 Å². The number of hydrogen-bond acceptors (Lipinski definition) is 4. The van der Waals surface area contributed by atoms with Crippen molar-refractivity contribution in [1.29, 1.82) is 0 Å². The van der Waals surface area contributed by atoms with Crippen molar-refractivity contribution in [2.45, 2.75) is 31.7 Å². The molecule has 2 aromatic rings. The van der Waals surface area contributed by atoms with E-state index in [-0.39, 0.29) is 0 Å². The van der Waals surface area contributed by atoms with Gasteiger partial charge in [-0.25, -0.2) is 0 Å². The number of fused-ring (bicyclic) bond motifs is 1. The van der Waals surface area contributed by atoms with Crippen molar-refractivity contribution in [1.82, 2.24) is 19.8 Å². The highest BCUT2D eigenvalue weighted by atomic mass is 15.4. The van der Waals surface area contributed by atoms with E-state index in [0.29, 0.717) is 12.5 Å². The van der Waals surface area contributed by atoms with Gasteiger partial charge in [-0.05, 0) is 25.0 Å². The van der Waals surface area contributed by atoms with E-state index in [2.05, 4.69) is 15.3 Å². The molecule has 2 aromatic heterocycles. The quantitative estimate of drug-likeness (QED) is 0.785. The lowest BCUT2D eigenvalue weighted by atomic mass is 9.83. The van der Waals surface area contributed by atoms with Gasteiger partial charge < -0.3 is 5.73 Å². The van der Waals surface area contributed by atoms with E-state index in [1.165, 1.54) is 19.3 Å². The normalized spacial score (nSPS) is 16.9. The molecular formula is C10H13N5. The lowest BCUT2D eigenvalue weighted by Crippen LogP contribution is -2.13. The molecule has 0 unspecified atom stereocenters. The first kappa shape index (κ1) is 8.79. The fourth-order valence-corrected chi connectivity index (χ4v) is 1.90. The summed E-state index contributed by atoms with van der Waals surface area (Å²) >= 11 is 0. The lowest BCUT2D eigenvalue weighted by Gasteiger charge is -2.24. The molecule has 2 N–H and O–H groups in total. The lowest BCUT2D eigenvalue weighted by molar-refractivity contribution is 0.406. The second-order valence-corrected chi connectivity index (χ2v) is 3.98. The topological polar surface area (TPSA) is 69.1 Å². The third-order valence-corrected chi connectivity index (χ3v) is 3.05. The number of nitrogens with zero attached hydrogens (tertiary/aromatic N) is 4. The minimum Gasteiger partial charge on any atom is -0.324 e. The Morgan fingerprint density at radius 2 is 2.20 bits per heavy atom. The third-order valence-electron chi connectivity index (χ3n) is 3.05. The molecule has 0 atom stereocenters. The first-order chi connectivity index (χ1) is 7.38. The zero-order valence-corrected chi connectivity index (χ0v) is 8.43. The number of aromatic nitrogens is 4. The van der Waals surface area contributed by atoms with Crippen LogP contribution in [0.15, 0.2) is 12.1 Å². The second-order valence-electron chi connectivity index (χ2n) is 3.98. The summed E-state index contributed by atoms with van der Waals surface area (Å²) in [6.45, 7) is 0.377. The standard InChI is InChI=1S/C10H13N5/c11-6-10-13-12-9-5-4-8(14-15(9)10)7-2-1-3-7/h4-5,7H,1-3,6,11H2. The third kappa shape index (κ3) is 1.31. The molecule has 78 valence electrons. The van der Waals surface area contributed by atoms with Gasteiger partial charge in [0, 0.05) is 5.92 Å². The van der Waals surface area contributed by atoms with Gasteiger partial charge in [0.2, 0.25) is 0 Å². The van der Waals surface area contributed by atoms with Crippen LogP contribution in [0, 0.1) is 0 Å². The van der Waals surface area contributed by atoms with Crippen LogP contribution in [0.25, 0.3) is 5.65 Å². The Morgan fingerprint density at radius 1 is 1.33 bits per heavy atom. The van der Waals surface area contributed by atoms with Crippen molar-refractivity contribution in [3.8, 4) is 0 Å². The Morgan fingerprint density at radius 3 is 2.87 bits per heavy atom. The summed E-state index contributed by atoms with van der Waals surface area (Å²) in [5.74, 6) is 1.36. The van der Waals surface area contributed by atoms with E-state index in [9.17, 15) is 0 Å². The minimum atomic E-state index is 0.377. The molecule has 0 amide bonds. The molecule has 1 aliphatic carbocycles. The Bertz CT molecular complexity index is 486. The molecule has 0 aromatic carbocycles. The van der Waals surface area contributed by atoms with E-state index < -0.39 is 0 Å². The van der Waals surface area contributed by atoms with Crippen molar-refractivity contribution in [2.24, 2.45) is 5.73 Å². The molecule has 2 heterocycles. The molecule has 15 heavy (non-hydrogen) atoms. The predicted octanol–water partition coefficient (Wildman–Crippen LogP) is 0.850. The average molecular weight is 203 g/mol. The second kappa shape index (κ2) is 3.27. The van der Waals surface area contributed by atoms with Crippen molar-refractivity contribution < 1.29 is 0 Å². The number of nitrogens with two attached hydrogens (primary N) is 1. The highest BCUT2D eigenvalue weighted by Gasteiger charge is 2.21. The summed E-state index contributed by atoms with van der Waals surface area (Å²) in [5, 5.41) is 12.5. The average Bonchev–Trinajstić information content (AvgIpc) is 2.57. The van der Waals surface area contributed by atoms with Gasteiger partial charge in [0.25, 0.3) is 0 Å². The maximum Gasteiger partial charge on any atom is 0.177 e. The molecule has 5 nitrogen and oxygen atoms in total. The fraction of sp³-hybridized carbons (Fsp3) is 0.500. The largest absolute Gasteiger partial charge is 0.324 e. The molecule has 0 saturated heterocycles. The van der Waals surface area contributed by atoms with Crippen molar-refractivity contribution in [2.75, 3.05) is 0 Å². The molecule has 0 radical (unpaired) electrons. The van der Waals surface area contributed by atoms with Crippen molar-refractivity contribution >= 4 is 5.65 Å². The SMILES string of the molecule is NCc1nnc2ccc(C3CCC3)nn12. The molecule has 0 bridgehead atoms. The Balaban J connectivity index is 2.10. The van der Waals surface area contributed by atoms with Gasteiger partial charge in [0.1, 0.15) is 0 Å². The summed E-state index contributed by atoms with van der Waals surface area (Å²) in [7, 11) is 0. The summed E-state index contributed by atoms with van der Waals surface area (Å²) in [6.07, 6.45) is 3.81. The van der Waals surface area contributed by atoms with Crippen LogP contribution in [0.4, 0.5) is 0 Å². The summed E-state index contributed by atoms with van der Waals surface area (Å²) in [5.41, 5.74) is 7.49. The van der Waals surface area contributed by atoms with Crippen molar-refractivity contribution in [3.63, 3.8) is 0 Å². The van der Waals surface area contributed by atoms with E-state index in [1.54, 1.807) is 4.52 Å². The van der Waals surface area contributed by atoms with Crippen LogP contribution >= 0.6 is 0 Å². The molecule has 0 spiro atoms. The highest BCUT2D eigenvalue weighted by Crippen LogP contribution is 2.34. The monoisotopic (exact) mass is 203 g/mol. The smallest absolute Gasteiger partial charge is 0.177 e. The van der Waals surface area contributed by atoms with Crippen LogP contribution in [0.1, 0.15) is 36.7 Å². The van der Waals surface area contributed by atoms with Crippen LogP contribution < -0.4 is 5.73 Å². The van der Waals surface area contributed by atoms with Gasteiger partial charge in [0.05, 0.1) is 12.2 Å². The fourth-order valence-electron chi connectivity index (χ4n) is 1.90. The summed E-state index contributed by atoms with van der Waals surface area (Å²) < 4.78 is 1.76. The highest BCUT2D eigenvalue weighted by molar-refractivity contribution is 5.36. The Hall–Kier alpha value is -1.49. The molecule has 1 fully saturated rings. The Labute approximate surface area is 87.3 Å². The Kier molecular flexibility index (Phi) is 1.92. The van der Waals surface area contributed by atoms with Crippen LogP contribution in [0.5, 0.6) is 0 Å². The molecular weight excluding hydrogens is 190 g/mol. The van der Waals surface area contributed by atoms with E-state index in [4.69, 9.17) is 5.73 Å². The van der Waals surface area contributed by atoms with Gasteiger partial charge in [-0.3, -0.25) is 0 Å². The van der Waals surface area contributed by atoms with E-state index in [1.807, 2.05) is 12.1 Å². The molecule has 3 rings (SSSR count). The molecule has 1 aliphatic rings. The minimum absolute atomic E-state index is 0.377. The van der Waals surface area contributed by atoms with Gasteiger partial charge in [-0.15, -0.1) is 10.2 Å². The van der Waals surface area contributed by atoms with E-state index in [0.717, 1.165) is 17.2 Å². The van der Waals surface area contributed by atoms with Gasteiger partial charge in [-0.2, -0.15) is 9.61 Å². The first-order valence-electron chi connectivity index (χ1n) is 5.30. The van der Waals surface area contributed by atoms with Crippen LogP contribution in [0.2, 0.25) is 0 Å². The molecule has 0 aliphatic heterocycles. The predicted molar refractivity (Wildman–Crippen MR) is 55.3 cm³/mol. The maximum atomic E-state index is 5.57. The summed E-state index contributed by atoms with van der Waals surface area (Å²) in [4.78, 5) is 0. The number of rotatable bonds is 2. The first-order valence-corrected chi connectivity index (χ1v) is 5.30. The van der Waals surface area contributed by atoms with Crippen LogP contribution in [-0.4, -0.2) is 19.8 Å². The van der Waals surface area contributed by atoms with Gasteiger partial charge in [-0.1, -0.05) is 6.42 Å². The zero-order chi connectivity index (χ0) is 10.3. The molecule has 1 saturated carbocycles. The van der Waals surface area contributed by atoms with E-state index >= 15 is 0 Å². The van der Waals surface area contributed by atoms with Gasteiger partial charge in [0.15, 0.2) is 11.5 Å². The molecule has 5 heteroatoms. The zero-order valence-electron chi connectivity index (χ0n) is 8.43. The number of hydrogen-bond donors (Lipinski definition) is 1. The maximum absolute atomic E-state index is 5.57. The van der Waals surface area contributed by atoms with Crippen molar-refractivity contribution in [3.05, 3.63) is 23.7 Å². The van der Waals surface area contributed by atoms with Crippen LogP contribution in [0.3, 0.4) is 0 Å². The van der Waals surface area contributed by atoms with Gasteiger partial charge >= 0.3 is 0 Å². The summed E-state index contributed by atoms with van der Waals surface area (Å²) in [6, 6.07) is 4.01.